The highest BCUT2D eigenvalue weighted by Crippen LogP contribution is 2.35. The summed E-state index contributed by atoms with van der Waals surface area (Å²) in [6, 6.07) is 12.1. The zero-order chi connectivity index (χ0) is 16.1. The number of pyridine rings is 1. The van der Waals surface area contributed by atoms with Crippen molar-refractivity contribution < 1.29 is 10.0 Å². The molecular formula is C18H15N3O2. The third-order valence-electron chi connectivity index (χ3n) is 4.50. The van der Waals surface area contributed by atoms with Gasteiger partial charge in [-0.2, -0.15) is 0 Å². The predicted octanol–water partition coefficient (Wildman–Crippen LogP) is 3.31. The molecule has 0 spiro atoms. The summed E-state index contributed by atoms with van der Waals surface area (Å²) in [7, 11) is 2.05. The number of rotatable bonds is 1. The molecule has 0 aliphatic carbocycles. The van der Waals surface area contributed by atoms with Gasteiger partial charge in [-0.05, 0) is 36.1 Å². The van der Waals surface area contributed by atoms with E-state index >= 15 is 0 Å². The Kier molecular flexibility index (Phi) is 2.86. The number of nitrogens with one attached hydrogen (secondary N) is 1. The molecule has 0 aliphatic heterocycles. The van der Waals surface area contributed by atoms with Crippen LogP contribution in [0.3, 0.4) is 0 Å². The highest BCUT2D eigenvalue weighted by atomic mass is 16.5. The summed E-state index contributed by atoms with van der Waals surface area (Å²) in [6.45, 7) is 2.05. The molecule has 0 aliphatic rings. The van der Waals surface area contributed by atoms with E-state index in [-0.39, 0.29) is 5.69 Å². The van der Waals surface area contributed by atoms with Gasteiger partial charge in [-0.25, -0.2) is 5.48 Å². The van der Waals surface area contributed by atoms with Crippen LogP contribution in [0.25, 0.3) is 32.6 Å². The molecule has 2 aromatic carbocycles. The van der Waals surface area contributed by atoms with Crippen LogP contribution < -0.4 is 5.48 Å². The van der Waals surface area contributed by atoms with Gasteiger partial charge in [0, 0.05) is 34.9 Å². The molecule has 2 N–H and O–H groups in total. The summed E-state index contributed by atoms with van der Waals surface area (Å²) in [6.07, 6.45) is 1.59. The van der Waals surface area contributed by atoms with Crippen molar-refractivity contribution in [2.75, 3.05) is 0 Å². The molecule has 2 heterocycles. The zero-order valence-electron chi connectivity index (χ0n) is 12.8. The number of benzene rings is 2. The molecule has 0 saturated carbocycles. The average Bonchev–Trinajstić information content (AvgIpc) is 2.87. The third kappa shape index (κ3) is 1.77. The number of nitrogens with zero attached hydrogens (tertiary/aromatic N) is 2. The number of amides is 1. The molecule has 114 valence electrons. The Hall–Kier alpha value is -2.92. The van der Waals surface area contributed by atoms with Gasteiger partial charge in [0.25, 0.3) is 5.91 Å². The summed E-state index contributed by atoms with van der Waals surface area (Å²) in [5, 5.41) is 12.9. The average molecular weight is 305 g/mol. The molecule has 4 rings (SSSR count). The first-order valence-electron chi connectivity index (χ1n) is 7.33. The van der Waals surface area contributed by atoms with Crippen molar-refractivity contribution in [2.24, 2.45) is 7.05 Å². The lowest BCUT2D eigenvalue weighted by atomic mass is 10.00. The van der Waals surface area contributed by atoms with Gasteiger partial charge >= 0.3 is 0 Å². The minimum absolute atomic E-state index is 0.225. The smallest absolute Gasteiger partial charge is 0.293 e. The van der Waals surface area contributed by atoms with E-state index in [4.69, 9.17) is 5.21 Å². The van der Waals surface area contributed by atoms with Crippen LogP contribution >= 0.6 is 0 Å². The Morgan fingerprint density at radius 2 is 1.91 bits per heavy atom. The number of aryl methyl sites for hydroxylation is 2. The molecule has 2 aromatic heterocycles. The van der Waals surface area contributed by atoms with Crippen LogP contribution in [0.15, 0.2) is 42.6 Å². The molecule has 0 bridgehead atoms. The number of hydrogen-bond donors (Lipinski definition) is 2. The van der Waals surface area contributed by atoms with E-state index in [0.717, 1.165) is 38.1 Å². The van der Waals surface area contributed by atoms with Gasteiger partial charge in [-0.15, -0.1) is 0 Å². The quantitative estimate of drug-likeness (QED) is 0.419. The third-order valence-corrected chi connectivity index (χ3v) is 4.50. The van der Waals surface area contributed by atoms with Crippen LogP contribution in [0, 0.1) is 6.92 Å². The van der Waals surface area contributed by atoms with Gasteiger partial charge in [0.05, 0.1) is 5.52 Å². The second kappa shape index (κ2) is 4.79. The summed E-state index contributed by atoms with van der Waals surface area (Å²) in [5.41, 5.74) is 5.27. The second-order valence-corrected chi connectivity index (χ2v) is 5.67. The first kappa shape index (κ1) is 13.7. The number of hydrogen-bond acceptors (Lipinski definition) is 3. The van der Waals surface area contributed by atoms with Gasteiger partial charge in [-0.3, -0.25) is 15.0 Å². The number of fused-ring (bicyclic) bond motifs is 4. The van der Waals surface area contributed by atoms with E-state index in [1.807, 2.05) is 38.2 Å². The van der Waals surface area contributed by atoms with Crippen LogP contribution in [0.2, 0.25) is 0 Å². The Morgan fingerprint density at radius 3 is 2.70 bits per heavy atom. The predicted molar refractivity (Wildman–Crippen MR) is 89.7 cm³/mol. The van der Waals surface area contributed by atoms with Crippen molar-refractivity contribution in [1.82, 2.24) is 15.0 Å². The summed E-state index contributed by atoms with van der Waals surface area (Å²) >= 11 is 0. The number of carbonyl (C=O) groups is 1. The Morgan fingerprint density at radius 1 is 1.13 bits per heavy atom. The van der Waals surface area contributed by atoms with E-state index in [9.17, 15) is 4.79 Å². The lowest BCUT2D eigenvalue weighted by Gasteiger charge is -2.09. The molecule has 0 radical (unpaired) electrons. The van der Waals surface area contributed by atoms with Crippen LogP contribution in [-0.4, -0.2) is 20.7 Å². The molecule has 23 heavy (non-hydrogen) atoms. The standard InChI is InChI=1S/C18H15N3O2/c1-10-11-7-8-19-16(18(22)20-23)13(11)9-14-12-5-3-4-6-15(12)21(2)17(10)14/h3-9,23H,1-2H3,(H,20,22). The maximum atomic E-state index is 11.9. The number of aromatic nitrogens is 2. The van der Waals surface area contributed by atoms with Crippen molar-refractivity contribution in [2.45, 2.75) is 6.92 Å². The van der Waals surface area contributed by atoms with Crippen molar-refractivity contribution in [3.05, 3.63) is 53.9 Å². The van der Waals surface area contributed by atoms with Crippen LogP contribution in [0.4, 0.5) is 0 Å². The van der Waals surface area contributed by atoms with E-state index in [0.29, 0.717) is 0 Å². The lowest BCUT2D eigenvalue weighted by molar-refractivity contribution is 0.0703. The van der Waals surface area contributed by atoms with E-state index in [1.165, 1.54) is 0 Å². The first-order chi connectivity index (χ1) is 11.1. The highest BCUT2D eigenvalue weighted by Gasteiger charge is 2.17. The first-order valence-corrected chi connectivity index (χ1v) is 7.33. The van der Waals surface area contributed by atoms with Crippen LogP contribution in [0.1, 0.15) is 16.1 Å². The minimum atomic E-state index is -0.602. The van der Waals surface area contributed by atoms with Crippen LogP contribution in [-0.2, 0) is 7.05 Å². The maximum Gasteiger partial charge on any atom is 0.293 e. The highest BCUT2D eigenvalue weighted by molar-refractivity contribution is 6.17. The SMILES string of the molecule is Cc1c2ccnc(C(=O)NO)c2cc2c3ccccc3n(C)c12. The molecule has 0 fully saturated rings. The monoisotopic (exact) mass is 305 g/mol. The zero-order valence-corrected chi connectivity index (χ0v) is 12.8. The molecule has 1 amide bonds. The van der Waals surface area contributed by atoms with Crippen molar-refractivity contribution >= 4 is 38.5 Å². The fourth-order valence-corrected chi connectivity index (χ4v) is 3.47. The summed E-state index contributed by atoms with van der Waals surface area (Å²) in [4.78, 5) is 16.0. The number of para-hydroxylation sites is 1. The fraction of sp³-hybridized carbons (Fsp3) is 0.111. The summed E-state index contributed by atoms with van der Waals surface area (Å²) in [5.74, 6) is -0.602. The topological polar surface area (TPSA) is 67.2 Å². The van der Waals surface area contributed by atoms with Gasteiger partial charge in [0.1, 0.15) is 5.69 Å². The Labute approximate surface area is 132 Å². The van der Waals surface area contributed by atoms with Gasteiger partial charge in [0.15, 0.2) is 0 Å². The molecule has 5 heteroatoms. The van der Waals surface area contributed by atoms with E-state index in [1.54, 1.807) is 11.7 Å². The molecular weight excluding hydrogens is 290 g/mol. The van der Waals surface area contributed by atoms with E-state index in [2.05, 4.69) is 21.7 Å². The maximum absolute atomic E-state index is 11.9. The van der Waals surface area contributed by atoms with Crippen molar-refractivity contribution in [1.29, 1.82) is 0 Å². The van der Waals surface area contributed by atoms with Gasteiger partial charge in [-0.1, -0.05) is 18.2 Å². The molecule has 0 unspecified atom stereocenters. The fourth-order valence-electron chi connectivity index (χ4n) is 3.47. The largest absolute Gasteiger partial charge is 0.343 e. The molecule has 5 nitrogen and oxygen atoms in total. The Balaban J connectivity index is 2.26. The normalized spacial score (nSPS) is 11.4. The molecule has 0 atom stereocenters. The number of hydroxylamine groups is 1. The molecule has 4 aromatic rings. The lowest BCUT2D eigenvalue weighted by Crippen LogP contribution is -2.20. The van der Waals surface area contributed by atoms with Gasteiger partial charge < -0.3 is 4.57 Å². The Bertz CT molecular complexity index is 1100. The van der Waals surface area contributed by atoms with Gasteiger partial charge in [0.2, 0.25) is 0 Å². The van der Waals surface area contributed by atoms with Crippen molar-refractivity contribution in [3.63, 3.8) is 0 Å². The van der Waals surface area contributed by atoms with E-state index < -0.39 is 5.91 Å². The second-order valence-electron chi connectivity index (χ2n) is 5.67. The van der Waals surface area contributed by atoms with Crippen LogP contribution in [0.5, 0.6) is 0 Å². The number of carbonyl (C=O) groups excluding carboxylic acids is 1. The van der Waals surface area contributed by atoms with Crippen molar-refractivity contribution in [3.8, 4) is 0 Å². The minimum Gasteiger partial charge on any atom is -0.343 e. The summed E-state index contributed by atoms with van der Waals surface area (Å²) < 4.78 is 2.17. The molecule has 0 saturated heterocycles.